The molecule has 2 aromatic rings. The Hall–Kier alpha value is -1.98. The molecule has 2 rings (SSSR count). The van der Waals surface area contributed by atoms with Crippen molar-refractivity contribution < 1.29 is 4.63 Å². The number of nitrogens with zero attached hydrogens (tertiary/aromatic N) is 4. The van der Waals surface area contributed by atoms with Gasteiger partial charge in [0.15, 0.2) is 11.5 Å². The average molecular weight is 177 g/mol. The first kappa shape index (κ1) is 7.66. The fourth-order valence-corrected chi connectivity index (χ4v) is 1.000. The van der Waals surface area contributed by atoms with Gasteiger partial charge in [0, 0.05) is 12.4 Å². The van der Waals surface area contributed by atoms with Gasteiger partial charge >= 0.3 is 0 Å². The summed E-state index contributed by atoms with van der Waals surface area (Å²) in [4.78, 5) is 8.13. The van der Waals surface area contributed by atoms with Crippen LogP contribution in [0.5, 0.6) is 0 Å². The van der Waals surface area contributed by atoms with Crippen molar-refractivity contribution in [3.8, 4) is 11.4 Å². The second-order valence-corrected chi connectivity index (χ2v) is 2.49. The molecule has 6 heteroatoms. The molecule has 0 saturated heterocycles. The van der Waals surface area contributed by atoms with Gasteiger partial charge in [-0.3, -0.25) is 9.97 Å². The third-order valence-electron chi connectivity index (χ3n) is 1.62. The van der Waals surface area contributed by atoms with E-state index in [9.17, 15) is 0 Å². The molecule has 0 atom stereocenters. The maximum Gasteiger partial charge on any atom is 0.198 e. The summed E-state index contributed by atoms with van der Waals surface area (Å²) in [5.41, 5.74) is 7.28. The maximum atomic E-state index is 5.51. The number of hydrogen-bond acceptors (Lipinski definition) is 6. The summed E-state index contributed by atoms with van der Waals surface area (Å²) >= 11 is 0. The average Bonchev–Trinajstić information content (AvgIpc) is 2.52. The summed E-state index contributed by atoms with van der Waals surface area (Å²) in [5, 5.41) is 7.09. The van der Waals surface area contributed by atoms with Crippen LogP contribution in [0.2, 0.25) is 0 Å². The SMILES string of the molecule is Cc1nccnc1-c1nonc1N. The van der Waals surface area contributed by atoms with Crippen LogP contribution < -0.4 is 5.73 Å². The van der Waals surface area contributed by atoms with E-state index >= 15 is 0 Å². The first-order valence-electron chi connectivity index (χ1n) is 3.65. The third kappa shape index (κ3) is 1.22. The normalized spacial score (nSPS) is 10.2. The minimum Gasteiger partial charge on any atom is -0.379 e. The molecule has 6 nitrogen and oxygen atoms in total. The Bertz CT molecular complexity index is 424. The molecule has 0 saturated carbocycles. The first-order chi connectivity index (χ1) is 6.29. The molecular formula is C7H7N5O. The number of nitrogens with two attached hydrogens (primary N) is 1. The van der Waals surface area contributed by atoms with Crippen molar-refractivity contribution in [3.05, 3.63) is 18.1 Å². The molecule has 0 unspecified atom stereocenters. The van der Waals surface area contributed by atoms with Gasteiger partial charge in [0.05, 0.1) is 5.69 Å². The number of aryl methyl sites for hydroxylation is 1. The highest BCUT2D eigenvalue weighted by Crippen LogP contribution is 2.20. The van der Waals surface area contributed by atoms with Gasteiger partial charge in [0.25, 0.3) is 0 Å². The summed E-state index contributed by atoms with van der Waals surface area (Å²) in [6, 6.07) is 0. The maximum absolute atomic E-state index is 5.51. The molecule has 0 fully saturated rings. The summed E-state index contributed by atoms with van der Waals surface area (Å²) in [6.07, 6.45) is 3.17. The van der Waals surface area contributed by atoms with E-state index in [1.807, 2.05) is 6.92 Å². The lowest BCUT2D eigenvalue weighted by molar-refractivity contribution is 0.310. The highest BCUT2D eigenvalue weighted by atomic mass is 16.6. The predicted molar refractivity (Wildman–Crippen MR) is 44.5 cm³/mol. The molecule has 0 aliphatic carbocycles. The van der Waals surface area contributed by atoms with E-state index in [2.05, 4.69) is 24.9 Å². The highest BCUT2D eigenvalue weighted by molar-refractivity contribution is 5.66. The smallest absolute Gasteiger partial charge is 0.198 e. The van der Waals surface area contributed by atoms with Crippen molar-refractivity contribution in [1.29, 1.82) is 0 Å². The zero-order chi connectivity index (χ0) is 9.26. The van der Waals surface area contributed by atoms with Crippen molar-refractivity contribution in [2.75, 3.05) is 5.73 Å². The quantitative estimate of drug-likeness (QED) is 0.678. The van der Waals surface area contributed by atoms with Crippen LogP contribution in [0.3, 0.4) is 0 Å². The molecule has 0 aromatic carbocycles. The molecule has 0 amide bonds. The molecule has 13 heavy (non-hydrogen) atoms. The van der Waals surface area contributed by atoms with Crippen molar-refractivity contribution in [2.24, 2.45) is 0 Å². The zero-order valence-electron chi connectivity index (χ0n) is 6.93. The van der Waals surface area contributed by atoms with Crippen LogP contribution in [-0.4, -0.2) is 20.3 Å². The number of aromatic nitrogens is 4. The fraction of sp³-hybridized carbons (Fsp3) is 0.143. The molecule has 2 heterocycles. The second-order valence-electron chi connectivity index (χ2n) is 2.49. The summed E-state index contributed by atoms with van der Waals surface area (Å²) in [6.45, 7) is 1.82. The number of hydrogen-bond donors (Lipinski definition) is 1. The van der Waals surface area contributed by atoms with Gasteiger partial charge < -0.3 is 5.73 Å². The van der Waals surface area contributed by atoms with Crippen molar-refractivity contribution in [2.45, 2.75) is 6.92 Å². The van der Waals surface area contributed by atoms with Gasteiger partial charge in [0.2, 0.25) is 0 Å². The standard InChI is InChI=1S/C7H7N5O/c1-4-5(10-3-2-9-4)6-7(8)12-13-11-6/h2-3H,1H3,(H2,8,12). The van der Waals surface area contributed by atoms with E-state index in [1.165, 1.54) is 0 Å². The molecule has 2 N–H and O–H groups in total. The van der Waals surface area contributed by atoms with E-state index in [1.54, 1.807) is 12.4 Å². The van der Waals surface area contributed by atoms with Crippen molar-refractivity contribution in [3.63, 3.8) is 0 Å². The van der Waals surface area contributed by atoms with Crippen LogP contribution in [0.25, 0.3) is 11.4 Å². The van der Waals surface area contributed by atoms with Crippen molar-refractivity contribution in [1.82, 2.24) is 20.3 Å². The minimum absolute atomic E-state index is 0.226. The first-order valence-corrected chi connectivity index (χ1v) is 3.65. The van der Waals surface area contributed by atoms with E-state index in [-0.39, 0.29) is 5.82 Å². The Labute approximate surface area is 73.8 Å². The van der Waals surface area contributed by atoms with E-state index in [4.69, 9.17) is 5.73 Å². The second kappa shape index (κ2) is 2.81. The van der Waals surface area contributed by atoms with Gasteiger partial charge in [-0.05, 0) is 17.2 Å². The van der Waals surface area contributed by atoms with Crippen LogP contribution in [0.15, 0.2) is 17.0 Å². The number of anilines is 1. The van der Waals surface area contributed by atoms with Gasteiger partial charge in [-0.2, -0.15) is 0 Å². The lowest BCUT2D eigenvalue weighted by Gasteiger charge is -1.97. The van der Waals surface area contributed by atoms with Crippen LogP contribution in [0, 0.1) is 6.92 Å². The Morgan fingerprint density at radius 3 is 2.54 bits per heavy atom. The molecular weight excluding hydrogens is 170 g/mol. The lowest BCUT2D eigenvalue weighted by atomic mass is 10.2. The van der Waals surface area contributed by atoms with Gasteiger partial charge in [0.1, 0.15) is 5.69 Å². The molecule has 0 spiro atoms. The Morgan fingerprint density at radius 2 is 1.92 bits per heavy atom. The fourth-order valence-electron chi connectivity index (χ4n) is 1.000. The molecule has 0 aliphatic heterocycles. The predicted octanol–water partition coefficient (Wildman–Crippen LogP) is 0.417. The Balaban J connectivity index is 2.59. The third-order valence-corrected chi connectivity index (χ3v) is 1.62. The number of rotatable bonds is 1. The van der Waals surface area contributed by atoms with Gasteiger partial charge in [-0.25, -0.2) is 4.63 Å². The lowest BCUT2D eigenvalue weighted by Crippen LogP contribution is -1.94. The molecule has 0 radical (unpaired) electrons. The monoisotopic (exact) mass is 177 g/mol. The topological polar surface area (TPSA) is 90.7 Å². The van der Waals surface area contributed by atoms with Crippen LogP contribution in [0.1, 0.15) is 5.69 Å². The highest BCUT2D eigenvalue weighted by Gasteiger charge is 2.12. The Morgan fingerprint density at radius 1 is 1.15 bits per heavy atom. The molecule has 0 bridgehead atoms. The largest absolute Gasteiger partial charge is 0.379 e. The number of nitrogen functional groups attached to an aromatic ring is 1. The van der Waals surface area contributed by atoms with Crippen LogP contribution in [-0.2, 0) is 0 Å². The van der Waals surface area contributed by atoms with E-state index in [0.717, 1.165) is 5.69 Å². The van der Waals surface area contributed by atoms with Crippen molar-refractivity contribution >= 4 is 5.82 Å². The van der Waals surface area contributed by atoms with Crippen LogP contribution >= 0.6 is 0 Å². The zero-order valence-corrected chi connectivity index (χ0v) is 6.93. The Kier molecular flexibility index (Phi) is 1.66. The van der Waals surface area contributed by atoms with Gasteiger partial charge in [-0.1, -0.05) is 0 Å². The van der Waals surface area contributed by atoms with Gasteiger partial charge in [-0.15, -0.1) is 0 Å². The molecule has 0 aliphatic rings. The minimum atomic E-state index is 0.226. The van der Waals surface area contributed by atoms with E-state index in [0.29, 0.717) is 11.4 Å². The molecule has 2 aromatic heterocycles. The van der Waals surface area contributed by atoms with E-state index < -0.39 is 0 Å². The summed E-state index contributed by atoms with van der Waals surface area (Å²) < 4.78 is 4.46. The summed E-state index contributed by atoms with van der Waals surface area (Å²) in [5.74, 6) is 0.226. The molecule has 66 valence electrons. The van der Waals surface area contributed by atoms with Crippen LogP contribution in [0.4, 0.5) is 5.82 Å². The summed E-state index contributed by atoms with van der Waals surface area (Å²) in [7, 11) is 0.